The highest BCUT2D eigenvalue weighted by molar-refractivity contribution is 7.99. The zero-order valence-corrected chi connectivity index (χ0v) is 17.0. The van der Waals surface area contributed by atoms with Crippen molar-refractivity contribution in [2.45, 2.75) is 17.4 Å². The van der Waals surface area contributed by atoms with Crippen molar-refractivity contribution in [2.75, 3.05) is 12.3 Å². The van der Waals surface area contributed by atoms with Crippen LogP contribution in [-0.4, -0.2) is 24.1 Å². The molecule has 1 aliphatic heterocycles. The second kappa shape index (κ2) is 9.13. The van der Waals surface area contributed by atoms with E-state index >= 15 is 0 Å². The molecule has 3 aromatic carbocycles. The lowest BCUT2D eigenvalue weighted by Gasteiger charge is -2.26. The van der Waals surface area contributed by atoms with Crippen LogP contribution in [0.1, 0.15) is 28.4 Å². The summed E-state index contributed by atoms with van der Waals surface area (Å²) in [5, 5.41) is 5.56. The van der Waals surface area contributed by atoms with Crippen LogP contribution in [-0.2, 0) is 4.79 Å². The number of rotatable bonds is 5. The van der Waals surface area contributed by atoms with Gasteiger partial charge in [-0.2, -0.15) is 0 Å². The van der Waals surface area contributed by atoms with E-state index in [-0.39, 0.29) is 30.2 Å². The smallest absolute Gasteiger partial charge is 0.251 e. The summed E-state index contributed by atoms with van der Waals surface area (Å²) in [4.78, 5) is 25.3. The van der Waals surface area contributed by atoms with E-state index in [1.807, 2.05) is 48.5 Å². The summed E-state index contributed by atoms with van der Waals surface area (Å²) in [5.74, 6) is -0.130. The molecule has 4 rings (SSSR count). The Kier molecular flexibility index (Phi) is 6.14. The van der Waals surface area contributed by atoms with E-state index in [1.54, 1.807) is 18.2 Å². The van der Waals surface area contributed by atoms with E-state index in [4.69, 9.17) is 0 Å². The Balaban J connectivity index is 1.33. The van der Waals surface area contributed by atoms with Crippen LogP contribution < -0.4 is 10.6 Å². The number of fused-ring (bicyclic) bond motifs is 1. The van der Waals surface area contributed by atoms with Crippen molar-refractivity contribution < 1.29 is 14.0 Å². The fourth-order valence-corrected chi connectivity index (χ4v) is 4.63. The topological polar surface area (TPSA) is 58.2 Å². The predicted octanol–water partition coefficient (Wildman–Crippen LogP) is 4.58. The minimum atomic E-state index is -0.310. The molecule has 3 aromatic rings. The predicted molar refractivity (Wildman–Crippen MR) is 117 cm³/mol. The number of hydrogen-bond acceptors (Lipinski definition) is 3. The number of carbonyl (C=O) groups excluding carboxylic acids is 2. The number of hydrogen-bond donors (Lipinski definition) is 2. The minimum Gasteiger partial charge on any atom is -0.348 e. The highest BCUT2D eigenvalue weighted by Gasteiger charge is 2.24. The molecule has 30 heavy (non-hydrogen) atoms. The van der Waals surface area contributed by atoms with Gasteiger partial charge in [-0.25, -0.2) is 4.39 Å². The van der Waals surface area contributed by atoms with Crippen molar-refractivity contribution in [2.24, 2.45) is 0 Å². The molecule has 6 heteroatoms. The molecule has 2 N–H and O–H groups in total. The summed E-state index contributed by atoms with van der Waals surface area (Å²) in [6.45, 7) is -0.131. The van der Waals surface area contributed by atoms with Crippen molar-refractivity contribution in [3.63, 3.8) is 0 Å². The van der Waals surface area contributed by atoms with Gasteiger partial charge < -0.3 is 10.6 Å². The van der Waals surface area contributed by atoms with Gasteiger partial charge in [0.2, 0.25) is 5.91 Å². The first-order valence-corrected chi connectivity index (χ1v) is 10.7. The Hall–Kier alpha value is -3.12. The maximum Gasteiger partial charge on any atom is 0.251 e. The van der Waals surface area contributed by atoms with Crippen LogP contribution in [0.2, 0.25) is 0 Å². The van der Waals surface area contributed by atoms with Gasteiger partial charge in [0.05, 0.1) is 12.6 Å². The molecule has 1 heterocycles. The molecule has 1 unspecified atom stereocenters. The quantitative estimate of drug-likeness (QED) is 0.635. The van der Waals surface area contributed by atoms with Crippen LogP contribution >= 0.6 is 11.8 Å². The van der Waals surface area contributed by atoms with Gasteiger partial charge in [-0.15, -0.1) is 11.8 Å². The summed E-state index contributed by atoms with van der Waals surface area (Å²) in [6.07, 6.45) is 0.724. The van der Waals surface area contributed by atoms with E-state index in [0.29, 0.717) is 10.5 Å². The van der Waals surface area contributed by atoms with E-state index in [0.717, 1.165) is 28.9 Å². The Bertz CT molecular complexity index is 1050. The number of halogens is 1. The number of amides is 2. The Morgan fingerprint density at radius 3 is 2.43 bits per heavy atom. The van der Waals surface area contributed by atoms with E-state index in [9.17, 15) is 14.0 Å². The number of nitrogens with one attached hydrogen (secondary N) is 2. The molecule has 0 saturated carbocycles. The normalized spacial score (nSPS) is 15.2. The number of carbonyl (C=O) groups is 2. The van der Waals surface area contributed by atoms with Gasteiger partial charge in [0.15, 0.2) is 0 Å². The van der Waals surface area contributed by atoms with E-state index in [1.165, 1.54) is 17.8 Å². The molecule has 0 fully saturated rings. The van der Waals surface area contributed by atoms with Gasteiger partial charge in [-0.1, -0.05) is 54.6 Å². The summed E-state index contributed by atoms with van der Waals surface area (Å²) >= 11 is 1.47. The summed E-state index contributed by atoms with van der Waals surface area (Å²) < 4.78 is 14.0. The van der Waals surface area contributed by atoms with Crippen molar-refractivity contribution in [1.29, 1.82) is 0 Å². The molecule has 4 nitrogen and oxygen atoms in total. The van der Waals surface area contributed by atoms with Gasteiger partial charge in [0, 0.05) is 16.2 Å². The molecule has 0 bridgehead atoms. The molecule has 2 amide bonds. The minimum absolute atomic E-state index is 0.131. The van der Waals surface area contributed by atoms with Gasteiger partial charge in [-0.05, 0) is 41.3 Å². The first-order chi connectivity index (χ1) is 14.6. The lowest BCUT2D eigenvalue weighted by molar-refractivity contribution is -0.120. The maximum absolute atomic E-state index is 14.0. The number of thioether (sulfide) groups is 1. The van der Waals surface area contributed by atoms with Crippen molar-refractivity contribution in [3.8, 4) is 11.1 Å². The zero-order valence-electron chi connectivity index (χ0n) is 16.2. The molecule has 0 aliphatic carbocycles. The third-order valence-corrected chi connectivity index (χ3v) is 6.18. The van der Waals surface area contributed by atoms with Crippen LogP contribution in [0.15, 0.2) is 77.7 Å². The van der Waals surface area contributed by atoms with E-state index < -0.39 is 0 Å². The van der Waals surface area contributed by atoms with Gasteiger partial charge in [0.25, 0.3) is 5.91 Å². The number of benzene rings is 3. The highest BCUT2D eigenvalue weighted by atomic mass is 32.2. The van der Waals surface area contributed by atoms with Crippen LogP contribution in [0.25, 0.3) is 11.1 Å². The fraction of sp³-hybridized carbons (Fsp3) is 0.167. The molecule has 0 saturated heterocycles. The third-order valence-electron chi connectivity index (χ3n) is 5.02. The SMILES string of the molecule is O=C(CNC(=O)c1ccc(-c2ccccc2)cc1)NC1CCSc2c(F)cccc21. The highest BCUT2D eigenvalue weighted by Crippen LogP contribution is 2.37. The van der Waals surface area contributed by atoms with Gasteiger partial charge >= 0.3 is 0 Å². The van der Waals surface area contributed by atoms with Crippen LogP contribution in [0.4, 0.5) is 4.39 Å². The van der Waals surface area contributed by atoms with Gasteiger partial charge in [-0.3, -0.25) is 9.59 Å². The van der Waals surface area contributed by atoms with Crippen molar-refractivity contribution >= 4 is 23.6 Å². The molecule has 152 valence electrons. The standard InChI is InChI=1S/C24H21FN2O2S/c25-20-8-4-7-19-21(13-14-30-23(19)20)27-22(28)15-26-24(29)18-11-9-17(10-12-18)16-5-2-1-3-6-16/h1-12,21H,13-15H2,(H,26,29)(H,27,28). The molecule has 0 spiro atoms. The fourth-order valence-electron chi connectivity index (χ4n) is 3.49. The second-order valence-corrected chi connectivity index (χ2v) is 8.15. The van der Waals surface area contributed by atoms with Gasteiger partial charge in [0.1, 0.15) is 5.82 Å². The van der Waals surface area contributed by atoms with Crippen LogP contribution in [0.3, 0.4) is 0 Å². The summed E-state index contributed by atoms with van der Waals surface area (Å²) in [7, 11) is 0. The third kappa shape index (κ3) is 4.54. The van der Waals surface area contributed by atoms with Crippen molar-refractivity contribution in [3.05, 3.63) is 89.7 Å². The molecule has 1 atom stereocenters. The second-order valence-electron chi connectivity index (χ2n) is 7.04. The van der Waals surface area contributed by atoms with E-state index in [2.05, 4.69) is 10.6 Å². The first kappa shape index (κ1) is 20.2. The molecule has 1 aliphatic rings. The van der Waals surface area contributed by atoms with Crippen LogP contribution in [0.5, 0.6) is 0 Å². The zero-order chi connectivity index (χ0) is 20.9. The first-order valence-electron chi connectivity index (χ1n) is 9.76. The lowest BCUT2D eigenvalue weighted by Crippen LogP contribution is -2.39. The monoisotopic (exact) mass is 420 g/mol. The summed E-state index contributed by atoms with van der Waals surface area (Å²) in [5.41, 5.74) is 3.38. The maximum atomic E-state index is 14.0. The lowest BCUT2D eigenvalue weighted by atomic mass is 10.0. The average molecular weight is 421 g/mol. The Morgan fingerprint density at radius 1 is 0.933 bits per heavy atom. The van der Waals surface area contributed by atoms with Crippen molar-refractivity contribution in [1.82, 2.24) is 10.6 Å². The average Bonchev–Trinajstić information content (AvgIpc) is 2.79. The molecule has 0 radical (unpaired) electrons. The largest absolute Gasteiger partial charge is 0.348 e. The summed E-state index contributed by atoms with van der Waals surface area (Å²) in [6, 6.07) is 21.8. The van der Waals surface area contributed by atoms with Crippen LogP contribution in [0, 0.1) is 5.82 Å². The Labute approximate surface area is 178 Å². The Morgan fingerprint density at radius 2 is 1.67 bits per heavy atom. The molecular formula is C24H21FN2O2S. The molecule has 0 aromatic heterocycles. The molecular weight excluding hydrogens is 399 g/mol.